The molecule has 0 spiro atoms. The third-order valence-corrected chi connectivity index (χ3v) is 2.04. The van der Waals surface area contributed by atoms with Crippen LogP contribution in [0.4, 0.5) is 14.5 Å². The standard InChI is InChI=1S/C10H10F2N2O4/c1-5(15)4-13-10(16)6-2-7(11)8(12)3-9(6)14(17)18/h2-3,5,15H,4H2,1H3,(H,13,16)/t5-/m1/s1. The SMILES string of the molecule is C[C@@H](O)CNC(=O)c1cc(F)c(F)cc1[N+](=O)[O-]. The fourth-order valence-electron chi connectivity index (χ4n) is 1.20. The van der Waals surface area contributed by atoms with Crippen LogP contribution < -0.4 is 5.32 Å². The van der Waals surface area contributed by atoms with Gasteiger partial charge in [0.1, 0.15) is 5.56 Å². The minimum absolute atomic E-state index is 0.158. The highest BCUT2D eigenvalue weighted by Gasteiger charge is 2.23. The van der Waals surface area contributed by atoms with Crippen LogP contribution in [0.5, 0.6) is 0 Å². The maximum absolute atomic E-state index is 13.0. The van der Waals surface area contributed by atoms with Crippen LogP contribution in [-0.2, 0) is 0 Å². The largest absolute Gasteiger partial charge is 0.392 e. The number of aliphatic hydroxyl groups excluding tert-OH is 1. The van der Waals surface area contributed by atoms with Gasteiger partial charge in [-0.05, 0) is 13.0 Å². The summed E-state index contributed by atoms with van der Waals surface area (Å²) < 4.78 is 25.8. The monoisotopic (exact) mass is 260 g/mol. The molecule has 0 aromatic heterocycles. The summed E-state index contributed by atoms with van der Waals surface area (Å²) in [6.45, 7) is 1.23. The van der Waals surface area contributed by atoms with E-state index in [9.17, 15) is 23.7 Å². The highest BCUT2D eigenvalue weighted by atomic mass is 19.2. The predicted molar refractivity (Wildman–Crippen MR) is 57.0 cm³/mol. The Morgan fingerprint density at radius 3 is 2.56 bits per heavy atom. The minimum Gasteiger partial charge on any atom is -0.392 e. The summed E-state index contributed by atoms with van der Waals surface area (Å²) in [4.78, 5) is 21.2. The van der Waals surface area contributed by atoms with Crippen molar-refractivity contribution in [3.8, 4) is 0 Å². The van der Waals surface area contributed by atoms with E-state index in [0.29, 0.717) is 12.1 Å². The lowest BCUT2D eigenvalue weighted by Crippen LogP contribution is -2.31. The molecule has 1 aromatic carbocycles. The van der Waals surface area contributed by atoms with Gasteiger partial charge in [-0.1, -0.05) is 0 Å². The second-order valence-corrected chi connectivity index (χ2v) is 3.60. The Hall–Kier alpha value is -2.09. The van der Waals surface area contributed by atoms with Gasteiger partial charge in [0.05, 0.1) is 17.1 Å². The molecule has 0 fully saturated rings. The number of amides is 1. The Balaban J connectivity index is 3.10. The molecule has 0 aliphatic rings. The van der Waals surface area contributed by atoms with Gasteiger partial charge in [0.25, 0.3) is 11.6 Å². The number of carbonyl (C=O) groups excluding carboxylic acids is 1. The molecule has 18 heavy (non-hydrogen) atoms. The van der Waals surface area contributed by atoms with E-state index in [1.165, 1.54) is 6.92 Å². The molecule has 1 amide bonds. The summed E-state index contributed by atoms with van der Waals surface area (Å²) in [6, 6.07) is 0.789. The molecule has 1 atom stereocenters. The van der Waals surface area contributed by atoms with E-state index in [4.69, 9.17) is 5.11 Å². The van der Waals surface area contributed by atoms with Crippen molar-refractivity contribution in [3.63, 3.8) is 0 Å². The Labute approximate surface area is 100 Å². The van der Waals surface area contributed by atoms with Crippen molar-refractivity contribution in [1.29, 1.82) is 0 Å². The average molecular weight is 260 g/mol. The van der Waals surface area contributed by atoms with Crippen LogP contribution in [0.25, 0.3) is 0 Å². The van der Waals surface area contributed by atoms with Gasteiger partial charge in [-0.3, -0.25) is 14.9 Å². The van der Waals surface area contributed by atoms with Gasteiger partial charge in [-0.15, -0.1) is 0 Å². The molecule has 0 saturated carbocycles. The highest BCUT2D eigenvalue weighted by molar-refractivity contribution is 5.98. The molecule has 2 N–H and O–H groups in total. The van der Waals surface area contributed by atoms with Gasteiger partial charge in [-0.25, -0.2) is 8.78 Å². The number of nitro benzene ring substituents is 1. The fraction of sp³-hybridized carbons (Fsp3) is 0.300. The first-order chi connectivity index (χ1) is 8.32. The van der Waals surface area contributed by atoms with Crippen molar-refractivity contribution in [1.82, 2.24) is 5.32 Å². The smallest absolute Gasteiger partial charge is 0.285 e. The van der Waals surface area contributed by atoms with Gasteiger partial charge < -0.3 is 10.4 Å². The number of nitrogens with one attached hydrogen (secondary N) is 1. The van der Waals surface area contributed by atoms with Crippen LogP contribution in [0, 0.1) is 21.7 Å². The van der Waals surface area contributed by atoms with E-state index in [0.717, 1.165) is 0 Å². The third kappa shape index (κ3) is 3.20. The minimum atomic E-state index is -1.41. The number of aliphatic hydroxyl groups is 1. The maximum atomic E-state index is 13.0. The van der Waals surface area contributed by atoms with E-state index in [1.54, 1.807) is 0 Å². The first-order valence-corrected chi connectivity index (χ1v) is 4.92. The van der Waals surface area contributed by atoms with Crippen molar-refractivity contribution in [3.05, 3.63) is 39.4 Å². The van der Waals surface area contributed by atoms with Crippen molar-refractivity contribution in [2.45, 2.75) is 13.0 Å². The Morgan fingerprint density at radius 1 is 1.50 bits per heavy atom. The summed E-state index contributed by atoms with van der Waals surface area (Å²) in [6.07, 6.45) is -0.863. The number of nitrogens with zero attached hydrogens (tertiary/aromatic N) is 1. The topological polar surface area (TPSA) is 92.5 Å². The molecular weight excluding hydrogens is 250 g/mol. The highest BCUT2D eigenvalue weighted by Crippen LogP contribution is 2.22. The Bertz CT molecular complexity index is 491. The summed E-state index contributed by atoms with van der Waals surface area (Å²) in [7, 11) is 0. The molecule has 0 heterocycles. The number of hydrogen-bond donors (Lipinski definition) is 2. The molecule has 0 saturated heterocycles. The van der Waals surface area contributed by atoms with Crippen LogP contribution in [0.1, 0.15) is 17.3 Å². The molecule has 0 unspecified atom stereocenters. The molecule has 1 rings (SSSR count). The number of hydrogen-bond acceptors (Lipinski definition) is 4. The van der Waals surface area contributed by atoms with Crippen LogP contribution in [0.3, 0.4) is 0 Å². The van der Waals surface area contributed by atoms with Crippen molar-refractivity contribution >= 4 is 11.6 Å². The van der Waals surface area contributed by atoms with Gasteiger partial charge in [-0.2, -0.15) is 0 Å². The lowest BCUT2D eigenvalue weighted by Gasteiger charge is -2.07. The van der Waals surface area contributed by atoms with Crippen LogP contribution in [-0.4, -0.2) is 28.6 Å². The molecule has 0 aliphatic carbocycles. The zero-order chi connectivity index (χ0) is 13.9. The summed E-state index contributed by atoms with van der Waals surface area (Å²) in [5.74, 6) is -3.72. The summed E-state index contributed by atoms with van der Waals surface area (Å²) in [5.41, 5.74) is -1.43. The number of benzene rings is 1. The second-order valence-electron chi connectivity index (χ2n) is 3.60. The van der Waals surface area contributed by atoms with Crippen LogP contribution in [0.2, 0.25) is 0 Å². The zero-order valence-corrected chi connectivity index (χ0v) is 9.31. The average Bonchev–Trinajstić information content (AvgIpc) is 2.28. The Morgan fingerprint density at radius 2 is 2.06 bits per heavy atom. The normalized spacial score (nSPS) is 12.0. The predicted octanol–water partition coefficient (Wildman–Crippen LogP) is 0.984. The molecule has 0 aliphatic heterocycles. The number of rotatable bonds is 4. The van der Waals surface area contributed by atoms with Crippen LogP contribution >= 0.6 is 0 Å². The molecule has 98 valence electrons. The lowest BCUT2D eigenvalue weighted by molar-refractivity contribution is -0.385. The van der Waals surface area contributed by atoms with Crippen molar-refractivity contribution in [2.75, 3.05) is 6.54 Å². The second kappa shape index (κ2) is 5.50. The van der Waals surface area contributed by atoms with E-state index in [1.807, 2.05) is 0 Å². The van der Waals surface area contributed by atoms with E-state index < -0.39 is 39.8 Å². The fourth-order valence-corrected chi connectivity index (χ4v) is 1.20. The zero-order valence-electron chi connectivity index (χ0n) is 9.31. The quantitative estimate of drug-likeness (QED) is 0.623. The maximum Gasteiger partial charge on any atom is 0.285 e. The van der Waals surface area contributed by atoms with Gasteiger partial charge in [0, 0.05) is 6.54 Å². The van der Waals surface area contributed by atoms with Gasteiger partial charge >= 0.3 is 0 Å². The first-order valence-electron chi connectivity index (χ1n) is 4.92. The van der Waals surface area contributed by atoms with E-state index in [2.05, 4.69) is 5.32 Å². The number of carbonyl (C=O) groups is 1. The van der Waals surface area contributed by atoms with Gasteiger partial charge in [0.2, 0.25) is 0 Å². The third-order valence-electron chi connectivity index (χ3n) is 2.04. The van der Waals surface area contributed by atoms with E-state index >= 15 is 0 Å². The molecular formula is C10H10F2N2O4. The van der Waals surface area contributed by atoms with Crippen LogP contribution in [0.15, 0.2) is 12.1 Å². The number of nitro groups is 1. The van der Waals surface area contributed by atoms with Crippen molar-refractivity contribution in [2.24, 2.45) is 0 Å². The molecule has 1 aromatic rings. The Kier molecular flexibility index (Phi) is 4.27. The number of halogens is 2. The molecule has 8 heteroatoms. The summed E-state index contributed by atoms with van der Waals surface area (Å²) >= 11 is 0. The molecule has 0 bridgehead atoms. The molecule has 0 radical (unpaired) electrons. The lowest BCUT2D eigenvalue weighted by atomic mass is 10.1. The van der Waals surface area contributed by atoms with Gasteiger partial charge in [0.15, 0.2) is 11.6 Å². The first kappa shape index (κ1) is 14.0. The van der Waals surface area contributed by atoms with E-state index in [-0.39, 0.29) is 6.54 Å². The van der Waals surface area contributed by atoms with Crippen molar-refractivity contribution < 1.29 is 23.6 Å². The molecule has 6 nitrogen and oxygen atoms in total. The summed E-state index contributed by atoms with van der Waals surface area (Å²) in [5, 5.41) is 21.7.